The number of piperidine rings is 1. The number of aromatic hydroxyl groups is 1. The Morgan fingerprint density at radius 3 is 2.46 bits per heavy atom. The van der Waals surface area contributed by atoms with Crippen LogP contribution in [-0.2, 0) is 16.0 Å². The number of carbonyl (C=O) groups is 2. The molecule has 4 aromatic heterocycles. The van der Waals surface area contributed by atoms with Gasteiger partial charge in [0, 0.05) is 82.1 Å². The number of phenolic OH excluding ortho intramolecular Hbond substituents is 1. The lowest BCUT2D eigenvalue weighted by Crippen LogP contribution is -2.55. The fourth-order valence-electron chi connectivity index (χ4n) is 13.0. The van der Waals surface area contributed by atoms with Crippen LogP contribution in [-0.4, -0.2) is 158 Å². The number of likely N-dealkylation sites (tertiary alicyclic amines) is 3. The number of piperazine rings is 1. The van der Waals surface area contributed by atoms with Crippen molar-refractivity contribution in [3.05, 3.63) is 101 Å². The number of fused-ring (bicyclic) bond motifs is 4. The average Bonchev–Trinajstić information content (AvgIpc) is 4.29. The van der Waals surface area contributed by atoms with Gasteiger partial charge < -0.3 is 44.6 Å². The van der Waals surface area contributed by atoms with Gasteiger partial charge in [-0.15, -0.1) is 11.3 Å². The van der Waals surface area contributed by atoms with Gasteiger partial charge in [0.1, 0.15) is 47.4 Å². The van der Waals surface area contributed by atoms with Crippen molar-refractivity contribution < 1.29 is 38.2 Å². The molecule has 20 heteroatoms. The first-order valence-corrected chi connectivity index (χ1v) is 29.7. The molecule has 7 aromatic rings. The zero-order valence-electron chi connectivity index (χ0n) is 46.7. The number of rotatable bonds is 18. The Hall–Kier alpha value is -6.84. The van der Waals surface area contributed by atoms with E-state index in [2.05, 4.69) is 42.4 Å². The number of aliphatic hydroxyl groups is 1. The van der Waals surface area contributed by atoms with E-state index in [0.29, 0.717) is 59.6 Å². The summed E-state index contributed by atoms with van der Waals surface area (Å²) in [6.07, 6.45) is 5.91. The van der Waals surface area contributed by atoms with E-state index in [1.165, 1.54) is 4.90 Å². The van der Waals surface area contributed by atoms with Gasteiger partial charge in [-0.25, -0.2) is 9.37 Å². The predicted molar refractivity (Wildman–Crippen MR) is 308 cm³/mol. The summed E-state index contributed by atoms with van der Waals surface area (Å²) < 4.78 is 35.5. The van der Waals surface area contributed by atoms with Crippen LogP contribution in [0.4, 0.5) is 10.2 Å². The fraction of sp³-hybridized carbons (Fsp3) is 0.492. The molecular formula is C61H72FN11O7S. The van der Waals surface area contributed by atoms with E-state index in [1.807, 2.05) is 75.7 Å². The lowest BCUT2D eigenvalue weighted by molar-refractivity contribution is -0.141. The topological polar surface area (TPSA) is 208 Å². The number of β-amino-alcohol motifs (C(OH)–C–C–N with tert-alkyl or cyclic N) is 1. The minimum Gasteiger partial charge on any atom is -0.508 e. The molecule has 3 aromatic carbocycles. The predicted octanol–water partition coefficient (Wildman–Crippen LogP) is 8.05. The Bertz CT molecular complexity index is 3410. The number of aliphatic hydroxyl groups excluding tert-OH is 1. The van der Waals surface area contributed by atoms with Crippen LogP contribution in [0.1, 0.15) is 94.3 Å². The van der Waals surface area contributed by atoms with Crippen molar-refractivity contribution >= 4 is 50.6 Å². The highest BCUT2D eigenvalue weighted by molar-refractivity contribution is 7.13. The van der Waals surface area contributed by atoms with Crippen LogP contribution >= 0.6 is 11.3 Å². The number of pyridine rings is 1. The molecule has 4 N–H and O–H groups in total. The summed E-state index contributed by atoms with van der Waals surface area (Å²) in [5.41, 5.74) is 6.64. The third-order valence-electron chi connectivity index (χ3n) is 17.3. The standard InChI is InChI=1S/C61H72FN11O7S/c1-6-38-8-7-9-41-22-44(74)23-47(53(38)41)55-54(62)56-48(26-63-55)58(72-28-42-14-15-43(29-72)66-42)68-61(67-56)78-21-20-70-18-16-37(17-19-70)27-71-31-46(32-71)79-51-25-50(80-69-51)52(34(2)3)60(77)73-30-45(75)24-49(73)59(76)65-35(4)39-10-12-40(13-11-39)57-36(5)64-33-81-57/h7-13,22-23,25-26,33-35,37,42-43,45-46,49,52,66,74-75H,6,14-21,24,27-32H2,1-5H3,(H,65,76)/t35?,42?,43?,45-,49+,52?/m1/s1. The van der Waals surface area contributed by atoms with E-state index < -0.39 is 23.9 Å². The SMILES string of the molecule is CCc1cccc2cc(O)cc(-c3ncc4c(N5CC6CCC(C5)N6)nc(OCCN5CCC(CN6CC(Oc7cc(C(C(=O)N8C[C@H](O)C[C@H]8C(=O)NC(C)c8ccc(-c9scnc9C)cc8)C(C)C)on7)C6)CC5)nc4c3F)c12. The van der Waals surface area contributed by atoms with Crippen LogP contribution < -0.4 is 25.0 Å². The van der Waals surface area contributed by atoms with Crippen molar-refractivity contribution in [1.29, 1.82) is 0 Å². The first kappa shape index (κ1) is 54.7. The van der Waals surface area contributed by atoms with Gasteiger partial charge in [0.15, 0.2) is 11.6 Å². The number of ether oxygens (including phenoxy) is 2. The number of halogens is 1. The molecule has 5 fully saturated rings. The summed E-state index contributed by atoms with van der Waals surface area (Å²) in [6.45, 7) is 16.7. The van der Waals surface area contributed by atoms with E-state index in [-0.39, 0.29) is 65.8 Å². The fourth-order valence-corrected chi connectivity index (χ4v) is 13.8. The van der Waals surface area contributed by atoms with Crippen molar-refractivity contribution in [1.82, 2.24) is 50.4 Å². The highest BCUT2D eigenvalue weighted by Gasteiger charge is 2.44. The monoisotopic (exact) mass is 1120 g/mol. The van der Waals surface area contributed by atoms with E-state index in [4.69, 9.17) is 28.9 Å². The van der Waals surface area contributed by atoms with E-state index in [0.717, 1.165) is 116 Å². The largest absolute Gasteiger partial charge is 0.508 e. The molecule has 0 spiro atoms. The number of hydrogen-bond acceptors (Lipinski definition) is 17. The Morgan fingerprint density at radius 1 is 0.951 bits per heavy atom. The van der Waals surface area contributed by atoms with Crippen LogP contribution in [0.15, 0.2) is 76.9 Å². The van der Waals surface area contributed by atoms with Crippen molar-refractivity contribution in [2.75, 3.05) is 70.4 Å². The quantitative estimate of drug-likeness (QED) is 0.0641. The van der Waals surface area contributed by atoms with Crippen molar-refractivity contribution in [3.8, 4) is 39.3 Å². The minimum atomic E-state index is -0.837. The number of amides is 2. The summed E-state index contributed by atoms with van der Waals surface area (Å²) in [6, 6.07) is 18.6. The lowest BCUT2D eigenvalue weighted by atomic mass is 9.91. The number of hydrogen-bond donors (Lipinski definition) is 4. The minimum absolute atomic E-state index is 0.0411. The zero-order chi connectivity index (χ0) is 56.1. The summed E-state index contributed by atoms with van der Waals surface area (Å²) in [5, 5.41) is 34.7. The first-order chi connectivity index (χ1) is 39.2. The number of aryl methyl sites for hydroxylation is 2. The number of aromatic nitrogens is 5. The van der Waals surface area contributed by atoms with Gasteiger partial charge in [0.05, 0.1) is 33.6 Å². The van der Waals surface area contributed by atoms with Gasteiger partial charge in [-0.1, -0.05) is 63.2 Å². The molecule has 6 atom stereocenters. The van der Waals surface area contributed by atoms with E-state index >= 15 is 4.39 Å². The average molecular weight is 1120 g/mol. The van der Waals surface area contributed by atoms with Crippen LogP contribution in [0, 0.1) is 24.6 Å². The molecule has 18 nitrogen and oxygen atoms in total. The van der Waals surface area contributed by atoms with Crippen LogP contribution in [0.5, 0.6) is 17.6 Å². The molecule has 81 heavy (non-hydrogen) atoms. The molecule has 0 aliphatic carbocycles. The Balaban J connectivity index is 0.625. The van der Waals surface area contributed by atoms with Gasteiger partial charge in [-0.3, -0.25) is 24.4 Å². The van der Waals surface area contributed by atoms with E-state index in [1.54, 1.807) is 35.7 Å². The summed E-state index contributed by atoms with van der Waals surface area (Å²) in [5.74, 6) is -0.202. The maximum Gasteiger partial charge on any atom is 0.319 e. The molecule has 5 saturated heterocycles. The molecule has 5 aliphatic heterocycles. The third-order valence-corrected chi connectivity index (χ3v) is 18.3. The molecule has 2 bridgehead atoms. The smallest absolute Gasteiger partial charge is 0.319 e. The van der Waals surface area contributed by atoms with Gasteiger partial charge in [-0.05, 0) is 116 Å². The molecule has 0 saturated carbocycles. The van der Waals surface area contributed by atoms with E-state index in [9.17, 15) is 19.8 Å². The molecule has 2 amide bonds. The van der Waals surface area contributed by atoms with Crippen molar-refractivity contribution in [2.24, 2.45) is 11.8 Å². The summed E-state index contributed by atoms with van der Waals surface area (Å²) in [7, 11) is 0. The summed E-state index contributed by atoms with van der Waals surface area (Å²) in [4.78, 5) is 56.5. The summed E-state index contributed by atoms with van der Waals surface area (Å²) >= 11 is 1.59. The number of thiazole rings is 1. The third kappa shape index (κ3) is 11.4. The normalized spacial score (nSPS) is 21.7. The Labute approximate surface area is 475 Å². The molecule has 4 unspecified atom stereocenters. The molecule has 426 valence electrons. The highest BCUT2D eigenvalue weighted by atomic mass is 32.1. The van der Waals surface area contributed by atoms with Crippen LogP contribution in [0.3, 0.4) is 0 Å². The second-order valence-corrected chi connectivity index (χ2v) is 24.2. The molecule has 9 heterocycles. The second kappa shape index (κ2) is 23.2. The maximum atomic E-state index is 17.1. The van der Waals surface area contributed by atoms with Gasteiger partial charge in [-0.2, -0.15) is 9.97 Å². The number of carbonyl (C=O) groups excluding carboxylic acids is 2. The van der Waals surface area contributed by atoms with Crippen molar-refractivity contribution in [2.45, 2.75) is 115 Å². The van der Waals surface area contributed by atoms with Crippen molar-refractivity contribution in [3.63, 3.8) is 0 Å². The second-order valence-electron chi connectivity index (χ2n) is 23.3. The molecule has 12 rings (SSSR count). The Kier molecular flexibility index (Phi) is 15.7. The van der Waals surface area contributed by atoms with Gasteiger partial charge in [0.25, 0.3) is 5.88 Å². The lowest BCUT2D eigenvalue weighted by Gasteiger charge is -2.42. The molecule has 5 aliphatic rings. The molecular weight excluding hydrogens is 1050 g/mol. The maximum absolute atomic E-state index is 17.1. The number of nitrogens with zero attached hydrogens (tertiary/aromatic N) is 9. The number of phenols is 1. The number of anilines is 1. The first-order valence-electron chi connectivity index (χ1n) is 28.9. The molecule has 0 radical (unpaired) electrons. The number of benzene rings is 3. The van der Waals surface area contributed by atoms with Crippen LogP contribution in [0.25, 0.3) is 43.4 Å². The van der Waals surface area contributed by atoms with Gasteiger partial charge in [0.2, 0.25) is 11.8 Å². The van der Waals surface area contributed by atoms with Gasteiger partial charge >= 0.3 is 6.01 Å². The zero-order valence-corrected chi connectivity index (χ0v) is 47.5. The number of nitrogens with one attached hydrogen (secondary N) is 2. The van der Waals surface area contributed by atoms with Crippen LogP contribution in [0.2, 0.25) is 0 Å². The highest BCUT2D eigenvalue weighted by Crippen LogP contribution is 2.40. The Morgan fingerprint density at radius 2 is 1.73 bits per heavy atom.